The average Bonchev–Trinajstić information content (AvgIpc) is 3.03. The number of amides is 1. The Hall–Kier alpha value is -2.65. The van der Waals surface area contributed by atoms with Gasteiger partial charge in [0, 0.05) is 12.4 Å². The molecule has 0 saturated carbocycles. The van der Waals surface area contributed by atoms with E-state index in [9.17, 15) is 14.1 Å². The third-order valence-electron chi connectivity index (χ3n) is 2.74. The van der Waals surface area contributed by atoms with E-state index in [1.54, 1.807) is 18.2 Å². The fourth-order valence-electron chi connectivity index (χ4n) is 1.70. The van der Waals surface area contributed by atoms with E-state index in [0.717, 1.165) is 11.3 Å². The number of anilines is 1. The number of hydrogen-bond acceptors (Lipinski definition) is 7. The van der Waals surface area contributed by atoms with Crippen LogP contribution in [-0.4, -0.2) is 30.2 Å². The van der Waals surface area contributed by atoms with Crippen molar-refractivity contribution in [3.63, 3.8) is 0 Å². The Morgan fingerprint density at radius 3 is 2.61 bits per heavy atom. The highest BCUT2D eigenvalue weighted by Crippen LogP contribution is 2.25. The highest BCUT2D eigenvalue weighted by molar-refractivity contribution is 7.87. The number of phenolic OH excluding ortho intramolecular Hbond substituents is 1. The Kier molecular flexibility index (Phi) is 4.40. The lowest BCUT2D eigenvalue weighted by atomic mass is 10.2. The predicted octanol–water partition coefficient (Wildman–Crippen LogP) is 2.06. The molecule has 0 spiro atoms. The molecule has 0 aliphatic carbocycles. The number of aromatic nitrogens is 3. The lowest BCUT2D eigenvalue weighted by molar-refractivity contribution is 0.102. The Morgan fingerprint density at radius 2 is 1.87 bits per heavy atom. The van der Waals surface area contributed by atoms with Crippen molar-refractivity contribution in [3.8, 4) is 5.75 Å². The van der Waals surface area contributed by atoms with Gasteiger partial charge in [0.25, 0.3) is 5.91 Å². The number of nitrogens with zero attached hydrogens (tertiary/aromatic N) is 3. The molecule has 0 aliphatic rings. The van der Waals surface area contributed by atoms with Crippen molar-refractivity contribution in [2.24, 2.45) is 0 Å². The van der Waals surface area contributed by atoms with Gasteiger partial charge in [-0.25, -0.2) is 19.2 Å². The summed E-state index contributed by atoms with van der Waals surface area (Å²) >= 11 is 1.06. The molecule has 0 saturated heterocycles. The number of carbonyl (C=O) groups excluding carboxylic acids is 1. The summed E-state index contributed by atoms with van der Waals surface area (Å²) in [7, 11) is -1.56. The van der Waals surface area contributed by atoms with E-state index in [1.165, 1.54) is 30.7 Å². The lowest BCUT2D eigenvalue weighted by Gasteiger charge is -2.03. The van der Waals surface area contributed by atoms with Gasteiger partial charge in [-0.2, -0.15) is 0 Å². The minimum Gasteiger partial charge on any atom is -0.507 e. The predicted molar refractivity (Wildman–Crippen MR) is 84.9 cm³/mol. The van der Waals surface area contributed by atoms with Gasteiger partial charge in [0.1, 0.15) is 20.8 Å². The van der Waals surface area contributed by atoms with Crippen LogP contribution >= 0.6 is 11.3 Å². The molecule has 23 heavy (non-hydrogen) atoms. The van der Waals surface area contributed by atoms with Crippen LogP contribution < -0.4 is 5.32 Å². The number of carbonyl (C=O) groups is 1. The summed E-state index contributed by atoms with van der Waals surface area (Å²) in [5.41, 5.74) is 0.136. The lowest BCUT2D eigenvalue weighted by Crippen LogP contribution is -2.11. The fraction of sp³-hybridized carbons (Fsp3) is 0. The van der Waals surface area contributed by atoms with Crippen LogP contribution in [0.4, 0.5) is 5.13 Å². The largest absolute Gasteiger partial charge is 0.507 e. The summed E-state index contributed by atoms with van der Waals surface area (Å²) in [5.74, 6) is -0.617. The smallest absolute Gasteiger partial charge is 0.261 e. The number of phenols is 1. The van der Waals surface area contributed by atoms with Gasteiger partial charge in [-0.15, -0.1) is 0 Å². The molecule has 0 radical (unpaired) electrons. The zero-order valence-electron chi connectivity index (χ0n) is 11.5. The van der Waals surface area contributed by atoms with E-state index in [1.807, 2.05) is 0 Å². The molecule has 2 heterocycles. The summed E-state index contributed by atoms with van der Waals surface area (Å²) < 4.78 is 12.7. The van der Waals surface area contributed by atoms with Crippen LogP contribution in [0.2, 0.25) is 0 Å². The Morgan fingerprint density at radius 1 is 1.13 bits per heavy atom. The number of nitrogens with one attached hydrogen (secondary N) is 1. The summed E-state index contributed by atoms with van der Waals surface area (Å²) in [5, 5.41) is 12.7. The highest BCUT2D eigenvalue weighted by Gasteiger charge is 2.16. The Bertz CT molecular complexity index is 867. The minimum absolute atomic E-state index is 0.122. The van der Waals surface area contributed by atoms with Crippen LogP contribution in [0.15, 0.2) is 58.3 Å². The maximum atomic E-state index is 12.3. The standard InChI is InChI=1S/C14H10N4O3S2/c19-10-5-2-1-4-9(10)12(20)18-13-17-8-11(22-13)23(21)14-15-6-3-7-16-14/h1-8,19H,(H,17,18,20). The second kappa shape index (κ2) is 6.63. The molecule has 0 aliphatic heterocycles. The summed E-state index contributed by atoms with van der Waals surface area (Å²) in [6, 6.07) is 7.81. The third kappa shape index (κ3) is 3.41. The van der Waals surface area contributed by atoms with Crippen molar-refractivity contribution in [3.05, 3.63) is 54.5 Å². The molecular formula is C14H10N4O3S2. The molecule has 1 aromatic carbocycles. The molecule has 0 fully saturated rings. The van der Waals surface area contributed by atoms with Gasteiger partial charge in [-0.05, 0) is 18.2 Å². The first-order chi connectivity index (χ1) is 11.1. The molecule has 3 aromatic rings. The number of rotatable bonds is 4. The molecule has 1 unspecified atom stereocenters. The first-order valence-corrected chi connectivity index (χ1v) is 8.36. The van der Waals surface area contributed by atoms with Gasteiger partial charge in [0.2, 0.25) is 5.16 Å². The van der Waals surface area contributed by atoms with Gasteiger partial charge in [-0.3, -0.25) is 10.1 Å². The Labute approximate surface area is 137 Å². The van der Waals surface area contributed by atoms with Gasteiger partial charge >= 0.3 is 0 Å². The number of aromatic hydroxyl groups is 1. The average molecular weight is 346 g/mol. The maximum Gasteiger partial charge on any atom is 0.261 e. The van der Waals surface area contributed by atoms with Crippen molar-refractivity contribution in [2.45, 2.75) is 9.37 Å². The Balaban J connectivity index is 1.76. The molecule has 2 N–H and O–H groups in total. The summed E-state index contributed by atoms with van der Waals surface area (Å²) in [6.07, 6.45) is 4.40. The maximum absolute atomic E-state index is 12.3. The van der Waals surface area contributed by atoms with Gasteiger partial charge in [-0.1, -0.05) is 23.5 Å². The SMILES string of the molecule is O=C(Nc1ncc(S(=O)c2ncccn2)s1)c1ccccc1O. The third-order valence-corrected chi connectivity index (χ3v) is 5.17. The van der Waals surface area contributed by atoms with E-state index in [0.29, 0.717) is 4.21 Å². The summed E-state index contributed by atoms with van der Waals surface area (Å²) in [4.78, 5) is 24.0. The zero-order chi connectivity index (χ0) is 16.2. The number of thiazole rings is 1. The van der Waals surface area contributed by atoms with Crippen LogP contribution in [0, 0.1) is 0 Å². The number of para-hydroxylation sites is 1. The molecule has 1 amide bonds. The van der Waals surface area contributed by atoms with E-state index < -0.39 is 16.7 Å². The van der Waals surface area contributed by atoms with Crippen LogP contribution in [0.25, 0.3) is 0 Å². The highest BCUT2D eigenvalue weighted by atomic mass is 32.2. The first kappa shape index (κ1) is 15.3. The van der Waals surface area contributed by atoms with Gasteiger partial charge in [0.15, 0.2) is 5.13 Å². The molecule has 7 nitrogen and oxygen atoms in total. The second-order valence-corrected chi connectivity index (χ2v) is 6.89. The van der Waals surface area contributed by atoms with E-state index >= 15 is 0 Å². The quantitative estimate of drug-likeness (QED) is 0.701. The fourth-order valence-corrected chi connectivity index (χ4v) is 3.65. The van der Waals surface area contributed by atoms with Crippen molar-refractivity contribution in [1.29, 1.82) is 0 Å². The van der Waals surface area contributed by atoms with Crippen LogP contribution in [0.1, 0.15) is 10.4 Å². The van der Waals surface area contributed by atoms with Crippen molar-refractivity contribution >= 4 is 33.2 Å². The summed E-state index contributed by atoms with van der Waals surface area (Å²) in [6.45, 7) is 0. The second-order valence-electron chi connectivity index (χ2n) is 4.26. The monoisotopic (exact) mass is 346 g/mol. The first-order valence-electron chi connectivity index (χ1n) is 6.39. The molecule has 9 heteroatoms. The number of hydrogen-bond donors (Lipinski definition) is 2. The topological polar surface area (TPSA) is 105 Å². The molecule has 0 bridgehead atoms. The minimum atomic E-state index is -1.56. The van der Waals surface area contributed by atoms with E-state index in [2.05, 4.69) is 20.3 Å². The van der Waals surface area contributed by atoms with Gasteiger partial charge in [0.05, 0.1) is 11.8 Å². The molecular weight excluding hydrogens is 336 g/mol. The van der Waals surface area contributed by atoms with Crippen molar-refractivity contribution in [1.82, 2.24) is 15.0 Å². The van der Waals surface area contributed by atoms with Crippen molar-refractivity contribution < 1.29 is 14.1 Å². The van der Waals surface area contributed by atoms with Crippen LogP contribution in [0.5, 0.6) is 5.75 Å². The zero-order valence-corrected chi connectivity index (χ0v) is 13.2. The van der Waals surface area contributed by atoms with E-state index in [4.69, 9.17) is 0 Å². The molecule has 2 aromatic heterocycles. The molecule has 3 rings (SSSR count). The molecule has 116 valence electrons. The van der Waals surface area contributed by atoms with Gasteiger partial charge < -0.3 is 5.11 Å². The van der Waals surface area contributed by atoms with Crippen LogP contribution in [-0.2, 0) is 10.8 Å². The van der Waals surface area contributed by atoms with Crippen LogP contribution in [0.3, 0.4) is 0 Å². The molecule has 1 atom stereocenters. The van der Waals surface area contributed by atoms with E-state index in [-0.39, 0.29) is 21.6 Å². The van der Waals surface area contributed by atoms with Crippen molar-refractivity contribution in [2.75, 3.05) is 5.32 Å². The normalized spacial score (nSPS) is 11.8. The number of benzene rings is 1.